The van der Waals surface area contributed by atoms with Gasteiger partial charge in [-0.25, -0.2) is 4.98 Å². The zero-order valence-electron chi connectivity index (χ0n) is 10.6. The van der Waals surface area contributed by atoms with Gasteiger partial charge in [0.15, 0.2) is 0 Å². The van der Waals surface area contributed by atoms with E-state index in [0.29, 0.717) is 0 Å². The summed E-state index contributed by atoms with van der Waals surface area (Å²) in [5.41, 5.74) is 0.288. The number of carbonyl (C=O) groups excluding carboxylic acids is 2. The highest BCUT2D eigenvalue weighted by atomic mass is 35.5. The van der Waals surface area contributed by atoms with Crippen LogP contribution >= 0.6 is 11.6 Å². The molecule has 2 heterocycles. The van der Waals surface area contributed by atoms with Gasteiger partial charge in [0.1, 0.15) is 5.15 Å². The van der Waals surface area contributed by atoms with Gasteiger partial charge in [0.2, 0.25) is 5.91 Å². The molecule has 2 amide bonds. The number of hydrogen-bond donors (Lipinski definition) is 1. The third-order valence-electron chi connectivity index (χ3n) is 3.11. The zero-order valence-corrected chi connectivity index (χ0v) is 11.3. The van der Waals surface area contributed by atoms with Gasteiger partial charge in [0, 0.05) is 19.3 Å². The lowest BCUT2D eigenvalue weighted by Crippen LogP contribution is -2.42. The first-order chi connectivity index (χ1) is 9.18. The number of carbonyl (C=O) groups is 2. The Bertz CT molecular complexity index is 473. The van der Waals surface area contributed by atoms with Crippen molar-refractivity contribution >= 4 is 23.4 Å². The van der Waals surface area contributed by atoms with Crippen LogP contribution in [-0.4, -0.2) is 41.3 Å². The molecular weight excluding hydrogens is 266 g/mol. The van der Waals surface area contributed by atoms with Crippen LogP contribution in [-0.2, 0) is 4.79 Å². The lowest BCUT2D eigenvalue weighted by Gasteiger charge is -2.26. The molecule has 102 valence electrons. The molecule has 0 bridgehead atoms. The Morgan fingerprint density at radius 1 is 1.32 bits per heavy atom. The minimum atomic E-state index is -0.372. The van der Waals surface area contributed by atoms with Crippen LogP contribution in [0.25, 0.3) is 0 Å². The van der Waals surface area contributed by atoms with Crippen LogP contribution in [0, 0.1) is 0 Å². The number of nitrogens with one attached hydrogen (secondary N) is 1. The number of rotatable bonds is 3. The number of nitrogens with zero attached hydrogens (tertiary/aromatic N) is 2. The van der Waals surface area contributed by atoms with Crippen LogP contribution in [0.2, 0.25) is 5.15 Å². The number of halogens is 1. The summed E-state index contributed by atoms with van der Waals surface area (Å²) in [5.74, 6) is -0.420. The summed E-state index contributed by atoms with van der Waals surface area (Å²) < 4.78 is 0. The van der Waals surface area contributed by atoms with Gasteiger partial charge in [-0.15, -0.1) is 0 Å². The van der Waals surface area contributed by atoms with Crippen LogP contribution in [0.5, 0.6) is 0 Å². The lowest BCUT2D eigenvalue weighted by molar-refractivity contribution is -0.130. The normalized spacial score (nSPS) is 15.1. The van der Waals surface area contributed by atoms with E-state index in [1.54, 1.807) is 17.0 Å². The van der Waals surface area contributed by atoms with Crippen molar-refractivity contribution in [3.05, 3.63) is 29.0 Å². The fourth-order valence-corrected chi connectivity index (χ4v) is 2.27. The second kappa shape index (κ2) is 6.52. The van der Waals surface area contributed by atoms with Crippen LogP contribution < -0.4 is 5.32 Å². The minimum Gasteiger partial charge on any atom is -0.343 e. The molecule has 1 aromatic heterocycles. The number of piperidine rings is 1. The van der Waals surface area contributed by atoms with Crippen molar-refractivity contribution in [2.24, 2.45) is 0 Å². The van der Waals surface area contributed by atoms with Crippen LogP contribution in [0.3, 0.4) is 0 Å². The Morgan fingerprint density at radius 2 is 2.05 bits per heavy atom. The third kappa shape index (κ3) is 3.67. The van der Waals surface area contributed by atoms with Crippen molar-refractivity contribution in [3.8, 4) is 0 Å². The van der Waals surface area contributed by atoms with Gasteiger partial charge in [-0.05, 0) is 31.4 Å². The van der Waals surface area contributed by atoms with Crippen LogP contribution in [0.1, 0.15) is 29.6 Å². The molecule has 1 aliphatic rings. The second-order valence-electron chi connectivity index (χ2n) is 4.47. The molecule has 1 N–H and O–H groups in total. The van der Waals surface area contributed by atoms with E-state index in [0.717, 1.165) is 25.9 Å². The van der Waals surface area contributed by atoms with Crippen molar-refractivity contribution in [1.29, 1.82) is 0 Å². The molecule has 5 nitrogen and oxygen atoms in total. The molecule has 0 saturated carbocycles. The maximum Gasteiger partial charge on any atom is 0.254 e. The maximum absolute atomic E-state index is 11.9. The number of pyridine rings is 1. The Morgan fingerprint density at radius 3 is 2.74 bits per heavy atom. The topological polar surface area (TPSA) is 62.3 Å². The minimum absolute atomic E-state index is 0.00402. The SMILES string of the molecule is O=C(NCC(=O)N1CCCCC1)c1cccnc1Cl. The molecule has 0 atom stereocenters. The number of amides is 2. The summed E-state index contributed by atoms with van der Waals surface area (Å²) in [6.45, 7) is 1.56. The van der Waals surface area contributed by atoms with E-state index in [1.807, 2.05) is 0 Å². The van der Waals surface area contributed by atoms with Gasteiger partial charge in [0.05, 0.1) is 12.1 Å². The van der Waals surface area contributed by atoms with Gasteiger partial charge in [-0.3, -0.25) is 9.59 Å². The molecule has 0 unspecified atom stereocenters. The van der Waals surface area contributed by atoms with Crippen molar-refractivity contribution in [3.63, 3.8) is 0 Å². The fourth-order valence-electron chi connectivity index (χ4n) is 2.06. The fraction of sp³-hybridized carbons (Fsp3) is 0.462. The Kier molecular flexibility index (Phi) is 4.74. The first-order valence-electron chi connectivity index (χ1n) is 6.35. The van der Waals surface area contributed by atoms with E-state index in [9.17, 15) is 9.59 Å². The molecule has 1 aromatic rings. The molecule has 0 aromatic carbocycles. The summed E-state index contributed by atoms with van der Waals surface area (Å²) in [6, 6.07) is 3.21. The van der Waals surface area contributed by atoms with Gasteiger partial charge < -0.3 is 10.2 Å². The van der Waals surface area contributed by atoms with E-state index in [2.05, 4.69) is 10.3 Å². The number of aromatic nitrogens is 1. The second-order valence-corrected chi connectivity index (χ2v) is 4.82. The standard InChI is InChI=1S/C13H16ClN3O2/c14-12-10(5-4-6-15-12)13(19)16-9-11(18)17-7-2-1-3-8-17/h4-6H,1-3,7-9H2,(H,16,19). The monoisotopic (exact) mass is 281 g/mol. The Balaban J connectivity index is 1.86. The van der Waals surface area contributed by atoms with Gasteiger partial charge in [-0.2, -0.15) is 0 Å². The summed E-state index contributed by atoms with van der Waals surface area (Å²) in [6.07, 6.45) is 4.75. The molecule has 1 aliphatic heterocycles. The van der Waals surface area contributed by atoms with Gasteiger partial charge in [-0.1, -0.05) is 11.6 Å². The molecule has 1 saturated heterocycles. The first kappa shape index (κ1) is 13.8. The molecule has 1 fully saturated rings. The van der Waals surface area contributed by atoms with E-state index >= 15 is 0 Å². The van der Waals surface area contributed by atoms with Crippen LogP contribution in [0.15, 0.2) is 18.3 Å². The highest BCUT2D eigenvalue weighted by Gasteiger charge is 2.18. The molecular formula is C13H16ClN3O2. The summed E-state index contributed by atoms with van der Waals surface area (Å²) in [5, 5.41) is 2.73. The highest BCUT2D eigenvalue weighted by molar-refractivity contribution is 6.32. The van der Waals surface area contributed by atoms with E-state index in [-0.39, 0.29) is 29.1 Å². The predicted octanol–water partition coefficient (Wildman–Crippen LogP) is 1.48. The highest BCUT2D eigenvalue weighted by Crippen LogP contribution is 2.11. The lowest BCUT2D eigenvalue weighted by atomic mass is 10.1. The molecule has 2 rings (SSSR count). The van der Waals surface area contributed by atoms with Crippen molar-refractivity contribution < 1.29 is 9.59 Å². The van der Waals surface area contributed by atoms with Gasteiger partial charge >= 0.3 is 0 Å². The summed E-state index contributed by atoms with van der Waals surface area (Å²) >= 11 is 5.82. The van der Waals surface area contributed by atoms with E-state index in [4.69, 9.17) is 11.6 Å². The first-order valence-corrected chi connectivity index (χ1v) is 6.73. The number of likely N-dealkylation sites (tertiary alicyclic amines) is 1. The molecule has 0 aliphatic carbocycles. The molecule has 19 heavy (non-hydrogen) atoms. The quantitative estimate of drug-likeness (QED) is 0.854. The van der Waals surface area contributed by atoms with Crippen molar-refractivity contribution in [2.45, 2.75) is 19.3 Å². The van der Waals surface area contributed by atoms with Crippen molar-refractivity contribution in [1.82, 2.24) is 15.2 Å². The summed E-state index contributed by atoms with van der Waals surface area (Å²) in [7, 11) is 0. The average Bonchev–Trinajstić information content (AvgIpc) is 2.46. The molecule has 6 heteroatoms. The Hall–Kier alpha value is -1.62. The third-order valence-corrected chi connectivity index (χ3v) is 3.41. The maximum atomic E-state index is 11.9. The predicted molar refractivity (Wildman–Crippen MR) is 72.0 cm³/mol. The van der Waals surface area contributed by atoms with Gasteiger partial charge in [0.25, 0.3) is 5.91 Å². The number of hydrogen-bond acceptors (Lipinski definition) is 3. The van der Waals surface area contributed by atoms with Crippen molar-refractivity contribution in [2.75, 3.05) is 19.6 Å². The summed E-state index contributed by atoms with van der Waals surface area (Å²) in [4.78, 5) is 29.3. The Labute approximate surface area is 117 Å². The smallest absolute Gasteiger partial charge is 0.254 e. The average molecular weight is 282 g/mol. The molecule has 0 radical (unpaired) electrons. The molecule has 0 spiro atoms. The largest absolute Gasteiger partial charge is 0.343 e. The van der Waals surface area contributed by atoms with E-state index in [1.165, 1.54) is 12.6 Å². The van der Waals surface area contributed by atoms with E-state index < -0.39 is 0 Å². The van der Waals surface area contributed by atoms with Crippen LogP contribution in [0.4, 0.5) is 0 Å². The zero-order chi connectivity index (χ0) is 13.7.